The van der Waals surface area contributed by atoms with Gasteiger partial charge in [-0.2, -0.15) is 0 Å². The largest absolute Gasteiger partial charge is 0.507 e. The molecule has 2 aromatic carbocycles. The van der Waals surface area contributed by atoms with Gasteiger partial charge in [0.15, 0.2) is 0 Å². The Morgan fingerprint density at radius 3 is 2.39 bits per heavy atom. The molecule has 1 unspecified atom stereocenters. The zero-order chi connectivity index (χ0) is 22.0. The van der Waals surface area contributed by atoms with Crippen LogP contribution in [-0.4, -0.2) is 35.9 Å². The summed E-state index contributed by atoms with van der Waals surface area (Å²) < 4.78 is 10.6. The van der Waals surface area contributed by atoms with Crippen molar-refractivity contribution in [3.8, 4) is 11.5 Å². The van der Waals surface area contributed by atoms with Gasteiger partial charge in [0.2, 0.25) is 0 Å². The molecule has 0 aliphatic carbocycles. The summed E-state index contributed by atoms with van der Waals surface area (Å²) >= 11 is 1.43. The quantitative estimate of drug-likeness (QED) is 0.353. The fourth-order valence-electron chi connectivity index (χ4n) is 3.71. The first-order valence-electron chi connectivity index (χ1n) is 9.63. The van der Waals surface area contributed by atoms with Gasteiger partial charge in [0.1, 0.15) is 17.3 Å². The highest BCUT2D eigenvalue weighted by atomic mass is 32.1. The molecule has 158 valence electrons. The third-order valence-corrected chi connectivity index (χ3v) is 6.17. The number of ether oxygens (including phenoxy) is 2. The molecule has 1 N–H and O–H groups in total. The number of Topliss-reactive ketones (excluding diaryl/α,β-unsaturated/α-hetero) is 1. The number of likely N-dealkylation sites (tertiary alicyclic amines) is 1. The lowest BCUT2D eigenvalue weighted by Crippen LogP contribution is -2.29. The van der Waals surface area contributed by atoms with Crippen LogP contribution in [-0.2, 0) is 16.1 Å². The maximum atomic E-state index is 13.0. The third kappa shape index (κ3) is 3.80. The summed E-state index contributed by atoms with van der Waals surface area (Å²) in [5.41, 5.74) is 1.29. The Kier molecular flexibility index (Phi) is 5.77. The minimum Gasteiger partial charge on any atom is -0.507 e. The van der Waals surface area contributed by atoms with Crippen LogP contribution in [0.3, 0.4) is 0 Å². The summed E-state index contributed by atoms with van der Waals surface area (Å²) in [7, 11) is 3.11. The summed E-state index contributed by atoms with van der Waals surface area (Å²) in [6, 6.07) is 17.1. The Bertz CT molecular complexity index is 1140. The second-order valence-electron chi connectivity index (χ2n) is 6.98. The molecular formula is C24H21NO5S. The number of aliphatic hydroxyl groups excluding tert-OH is 1. The summed E-state index contributed by atoms with van der Waals surface area (Å²) in [4.78, 5) is 28.4. The maximum Gasteiger partial charge on any atom is 0.295 e. The van der Waals surface area contributed by atoms with Crippen molar-refractivity contribution in [2.75, 3.05) is 14.2 Å². The average molecular weight is 436 g/mol. The SMILES string of the molecule is COc1ccc(/C(O)=C2/C(=O)C(=O)N(Cc3ccccc3OC)C2c2cccs2)cc1. The van der Waals surface area contributed by atoms with Crippen LogP contribution in [0.25, 0.3) is 5.76 Å². The molecule has 0 bridgehead atoms. The molecule has 3 aromatic rings. The predicted octanol–water partition coefficient (Wildman–Crippen LogP) is 4.39. The summed E-state index contributed by atoms with van der Waals surface area (Å²) in [6.07, 6.45) is 0. The van der Waals surface area contributed by atoms with E-state index in [4.69, 9.17) is 9.47 Å². The number of benzene rings is 2. The Morgan fingerprint density at radius 2 is 1.74 bits per heavy atom. The number of carbonyl (C=O) groups is 2. The van der Waals surface area contributed by atoms with Crippen LogP contribution in [0.15, 0.2) is 71.6 Å². The molecule has 1 atom stereocenters. The number of aliphatic hydroxyl groups is 1. The highest BCUT2D eigenvalue weighted by Gasteiger charge is 2.46. The van der Waals surface area contributed by atoms with E-state index in [1.54, 1.807) is 38.5 Å². The van der Waals surface area contributed by atoms with Crippen LogP contribution < -0.4 is 9.47 Å². The molecule has 4 rings (SSSR count). The van der Waals surface area contributed by atoms with Crippen LogP contribution in [0.2, 0.25) is 0 Å². The molecule has 31 heavy (non-hydrogen) atoms. The van der Waals surface area contributed by atoms with Crippen LogP contribution >= 0.6 is 11.3 Å². The smallest absolute Gasteiger partial charge is 0.295 e. The standard InChI is InChI=1S/C24H21NO5S/c1-29-17-11-9-15(10-12-17)22(26)20-21(19-8-5-13-31-19)25(24(28)23(20)27)14-16-6-3-4-7-18(16)30-2/h3-13,21,26H,14H2,1-2H3/b22-20-. The molecule has 1 aliphatic heterocycles. The van der Waals surface area contributed by atoms with Crippen molar-refractivity contribution >= 4 is 28.8 Å². The minimum absolute atomic E-state index is 0.0764. The van der Waals surface area contributed by atoms with E-state index in [0.29, 0.717) is 17.1 Å². The average Bonchev–Trinajstić information content (AvgIpc) is 3.42. The van der Waals surface area contributed by atoms with Crippen LogP contribution in [0.1, 0.15) is 22.0 Å². The zero-order valence-corrected chi connectivity index (χ0v) is 17.9. The van der Waals surface area contributed by atoms with E-state index in [9.17, 15) is 14.7 Å². The highest BCUT2D eigenvalue weighted by Crippen LogP contribution is 2.42. The molecule has 7 heteroatoms. The van der Waals surface area contributed by atoms with Gasteiger partial charge < -0.3 is 19.5 Å². The van der Waals surface area contributed by atoms with Gasteiger partial charge in [0.25, 0.3) is 11.7 Å². The molecule has 6 nitrogen and oxygen atoms in total. The number of rotatable bonds is 6. The lowest BCUT2D eigenvalue weighted by molar-refractivity contribution is -0.140. The molecule has 1 fully saturated rings. The number of ketones is 1. The number of thiophene rings is 1. The van der Waals surface area contributed by atoms with E-state index < -0.39 is 17.7 Å². The van der Waals surface area contributed by atoms with Crippen molar-refractivity contribution in [3.05, 3.63) is 87.6 Å². The first-order chi connectivity index (χ1) is 15.0. The van der Waals surface area contributed by atoms with Crippen molar-refractivity contribution in [1.82, 2.24) is 4.90 Å². The van der Waals surface area contributed by atoms with Crippen LogP contribution in [0.5, 0.6) is 11.5 Å². The van der Waals surface area contributed by atoms with Crippen molar-refractivity contribution < 1.29 is 24.2 Å². The van der Waals surface area contributed by atoms with E-state index in [1.807, 2.05) is 41.8 Å². The minimum atomic E-state index is -0.707. The number of carbonyl (C=O) groups excluding carboxylic acids is 2. The van der Waals surface area contributed by atoms with Crippen LogP contribution in [0, 0.1) is 0 Å². The van der Waals surface area contributed by atoms with E-state index in [0.717, 1.165) is 10.4 Å². The molecule has 2 heterocycles. The highest BCUT2D eigenvalue weighted by molar-refractivity contribution is 7.10. The van der Waals surface area contributed by atoms with E-state index in [2.05, 4.69) is 0 Å². The lowest BCUT2D eigenvalue weighted by atomic mass is 9.99. The second-order valence-corrected chi connectivity index (χ2v) is 7.96. The molecule has 0 spiro atoms. The van der Waals surface area contributed by atoms with Gasteiger partial charge in [0, 0.05) is 16.0 Å². The Morgan fingerprint density at radius 1 is 1.00 bits per heavy atom. The number of hydrogen-bond donors (Lipinski definition) is 1. The van der Waals surface area contributed by atoms with E-state index >= 15 is 0 Å². The van der Waals surface area contributed by atoms with Gasteiger partial charge in [-0.3, -0.25) is 9.59 Å². The lowest BCUT2D eigenvalue weighted by Gasteiger charge is -2.25. The number of para-hydroxylation sites is 1. The number of amides is 1. The van der Waals surface area contributed by atoms with Crippen molar-refractivity contribution in [2.24, 2.45) is 0 Å². The molecule has 1 aliphatic rings. The Hall–Kier alpha value is -3.58. The normalized spacial score (nSPS) is 17.7. The monoisotopic (exact) mass is 435 g/mol. The number of nitrogens with zero attached hydrogens (tertiary/aromatic N) is 1. The first kappa shape index (κ1) is 20.7. The fraction of sp³-hybridized carbons (Fsp3) is 0.167. The van der Waals surface area contributed by atoms with Gasteiger partial charge in [-0.05, 0) is 41.8 Å². The summed E-state index contributed by atoms with van der Waals surface area (Å²) in [5, 5.41) is 12.9. The van der Waals surface area contributed by atoms with Gasteiger partial charge in [0.05, 0.1) is 32.4 Å². The third-order valence-electron chi connectivity index (χ3n) is 5.25. The van der Waals surface area contributed by atoms with Gasteiger partial charge in [-0.1, -0.05) is 24.3 Å². The summed E-state index contributed by atoms with van der Waals surface area (Å²) in [5.74, 6) is -0.310. The number of hydrogen-bond acceptors (Lipinski definition) is 6. The second kappa shape index (κ2) is 8.65. The molecule has 1 saturated heterocycles. The van der Waals surface area contributed by atoms with Crippen molar-refractivity contribution in [2.45, 2.75) is 12.6 Å². The first-order valence-corrected chi connectivity index (χ1v) is 10.5. The predicted molar refractivity (Wildman–Crippen MR) is 118 cm³/mol. The van der Waals surface area contributed by atoms with Crippen LogP contribution in [0.4, 0.5) is 0 Å². The zero-order valence-electron chi connectivity index (χ0n) is 17.1. The van der Waals surface area contributed by atoms with Gasteiger partial charge >= 0.3 is 0 Å². The Balaban J connectivity index is 1.81. The molecule has 1 amide bonds. The molecular weight excluding hydrogens is 414 g/mol. The summed E-state index contributed by atoms with van der Waals surface area (Å²) in [6.45, 7) is 0.177. The number of methoxy groups -OCH3 is 2. The van der Waals surface area contributed by atoms with Crippen molar-refractivity contribution in [3.63, 3.8) is 0 Å². The van der Waals surface area contributed by atoms with E-state index in [1.165, 1.54) is 16.2 Å². The molecule has 0 radical (unpaired) electrons. The van der Waals surface area contributed by atoms with Crippen molar-refractivity contribution in [1.29, 1.82) is 0 Å². The Labute approximate surface area is 184 Å². The van der Waals surface area contributed by atoms with E-state index in [-0.39, 0.29) is 17.9 Å². The molecule has 0 saturated carbocycles. The molecule has 1 aromatic heterocycles. The topological polar surface area (TPSA) is 76.1 Å². The fourth-order valence-corrected chi connectivity index (χ4v) is 4.55. The van der Waals surface area contributed by atoms with Gasteiger partial charge in [-0.25, -0.2) is 0 Å². The maximum absolute atomic E-state index is 13.0. The van der Waals surface area contributed by atoms with Gasteiger partial charge in [-0.15, -0.1) is 11.3 Å².